The average molecular weight is 304 g/mol. The van der Waals surface area contributed by atoms with Crippen LogP contribution in [-0.2, 0) is 9.84 Å². The van der Waals surface area contributed by atoms with Crippen LogP contribution in [-0.4, -0.2) is 31.9 Å². The first-order valence-electron chi connectivity index (χ1n) is 6.74. The number of hydrogen-bond donors (Lipinski definition) is 2. The number of fused-ring (bicyclic) bond motifs is 1. The highest BCUT2D eigenvalue weighted by Gasteiger charge is 2.29. The number of sulfone groups is 1. The van der Waals surface area contributed by atoms with Crippen molar-refractivity contribution >= 4 is 32.2 Å². The lowest BCUT2D eigenvalue weighted by atomic mass is 10.0. The highest BCUT2D eigenvalue weighted by molar-refractivity contribution is 7.91. The van der Waals surface area contributed by atoms with Gasteiger partial charge in [0, 0.05) is 11.7 Å². The van der Waals surface area contributed by atoms with Crippen LogP contribution < -0.4 is 11.1 Å². The Kier molecular flexibility index (Phi) is 3.33. The van der Waals surface area contributed by atoms with Crippen molar-refractivity contribution < 1.29 is 13.2 Å². The smallest absolute Gasteiger partial charge is 0.253 e. The van der Waals surface area contributed by atoms with Crippen LogP contribution in [0, 0.1) is 0 Å². The van der Waals surface area contributed by atoms with Gasteiger partial charge in [-0.1, -0.05) is 24.3 Å². The fourth-order valence-electron chi connectivity index (χ4n) is 2.63. The standard InChI is InChI=1S/C15H16N2O3S/c16-14-8-11-4-2-1-3-10(11)7-13(14)15(18)17-12-5-6-21(19,20)9-12/h1-4,7-8,12H,5-6,9,16H2,(H,17,18). The summed E-state index contributed by atoms with van der Waals surface area (Å²) in [5, 5.41) is 4.65. The number of benzene rings is 2. The van der Waals surface area contributed by atoms with Crippen molar-refractivity contribution in [2.75, 3.05) is 17.2 Å². The van der Waals surface area contributed by atoms with Crippen molar-refractivity contribution in [3.05, 3.63) is 42.0 Å². The number of nitrogens with one attached hydrogen (secondary N) is 1. The fourth-order valence-corrected chi connectivity index (χ4v) is 4.30. The summed E-state index contributed by atoms with van der Waals surface area (Å²) in [7, 11) is -3.01. The number of carbonyl (C=O) groups is 1. The quantitative estimate of drug-likeness (QED) is 0.819. The molecule has 0 bridgehead atoms. The summed E-state index contributed by atoms with van der Waals surface area (Å²) in [6, 6.07) is 10.8. The summed E-state index contributed by atoms with van der Waals surface area (Å²) in [6.45, 7) is 0. The van der Waals surface area contributed by atoms with E-state index in [9.17, 15) is 13.2 Å². The Morgan fingerprint density at radius 2 is 1.86 bits per heavy atom. The maximum atomic E-state index is 12.3. The number of amides is 1. The van der Waals surface area contributed by atoms with Gasteiger partial charge in [0.1, 0.15) is 0 Å². The Morgan fingerprint density at radius 1 is 1.19 bits per heavy atom. The van der Waals surface area contributed by atoms with E-state index < -0.39 is 9.84 Å². The molecule has 1 aliphatic heterocycles. The highest BCUT2D eigenvalue weighted by Crippen LogP contribution is 2.22. The Morgan fingerprint density at radius 3 is 2.48 bits per heavy atom. The Hall–Kier alpha value is -2.08. The molecular weight excluding hydrogens is 288 g/mol. The first-order valence-corrected chi connectivity index (χ1v) is 8.56. The third kappa shape index (κ3) is 2.85. The van der Waals surface area contributed by atoms with Crippen molar-refractivity contribution in [1.82, 2.24) is 5.32 Å². The van der Waals surface area contributed by atoms with Gasteiger partial charge in [0.25, 0.3) is 5.91 Å². The van der Waals surface area contributed by atoms with E-state index in [1.807, 2.05) is 24.3 Å². The van der Waals surface area contributed by atoms with Crippen LogP contribution in [0.5, 0.6) is 0 Å². The van der Waals surface area contributed by atoms with Crippen LogP contribution >= 0.6 is 0 Å². The molecule has 110 valence electrons. The molecule has 1 unspecified atom stereocenters. The highest BCUT2D eigenvalue weighted by atomic mass is 32.2. The third-order valence-corrected chi connectivity index (χ3v) is 5.50. The minimum absolute atomic E-state index is 0.00618. The molecule has 2 aromatic rings. The Balaban J connectivity index is 1.86. The van der Waals surface area contributed by atoms with Gasteiger partial charge in [0.2, 0.25) is 0 Å². The van der Waals surface area contributed by atoms with Crippen LogP contribution in [0.1, 0.15) is 16.8 Å². The first kappa shape index (κ1) is 13.9. The van der Waals surface area contributed by atoms with Gasteiger partial charge in [-0.05, 0) is 29.3 Å². The van der Waals surface area contributed by atoms with Gasteiger partial charge in [0.05, 0.1) is 17.1 Å². The lowest BCUT2D eigenvalue weighted by molar-refractivity contribution is 0.0942. The largest absolute Gasteiger partial charge is 0.398 e. The fraction of sp³-hybridized carbons (Fsp3) is 0.267. The molecule has 1 atom stereocenters. The van der Waals surface area contributed by atoms with Crippen molar-refractivity contribution in [2.24, 2.45) is 0 Å². The SMILES string of the molecule is Nc1cc2ccccc2cc1C(=O)NC1CCS(=O)(=O)C1. The number of rotatable bonds is 2. The van der Waals surface area contributed by atoms with E-state index in [0.717, 1.165) is 10.8 Å². The molecule has 21 heavy (non-hydrogen) atoms. The molecule has 6 heteroatoms. The van der Waals surface area contributed by atoms with Gasteiger partial charge in [-0.2, -0.15) is 0 Å². The minimum Gasteiger partial charge on any atom is -0.398 e. The molecule has 3 rings (SSSR count). The number of carbonyl (C=O) groups excluding carboxylic acids is 1. The van der Waals surface area contributed by atoms with Crippen molar-refractivity contribution in [2.45, 2.75) is 12.5 Å². The summed E-state index contributed by atoms with van der Waals surface area (Å²) in [6.07, 6.45) is 0.460. The van der Waals surface area contributed by atoms with E-state index in [1.54, 1.807) is 12.1 Å². The Labute approximate surface area is 123 Å². The van der Waals surface area contributed by atoms with E-state index in [4.69, 9.17) is 5.73 Å². The van der Waals surface area contributed by atoms with Crippen LogP contribution in [0.2, 0.25) is 0 Å². The maximum Gasteiger partial charge on any atom is 0.253 e. The molecule has 5 nitrogen and oxygen atoms in total. The van der Waals surface area contributed by atoms with E-state index in [2.05, 4.69) is 5.32 Å². The number of hydrogen-bond acceptors (Lipinski definition) is 4. The molecular formula is C15H16N2O3S. The summed E-state index contributed by atoms with van der Waals surface area (Å²) >= 11 is 0. The topological polar surface area (TPSA) is 89.3 Å². The molecule has 0 aliphatic carbocycles. The van der Waals surface area contributed by atoms with E-state index in [-0.39, 0.29) is 23.5 Å². The molecule has 1 saturated heterocycles. The summed E-state index contributed by atoms with van der Waals surface area (Å²) in [5.41, 5.74) is 6.72. The first-order chi connectivity index (χ1) is 9.94. The molecule has 0 spiro atoms. The van der Waals surface area contributed by atoms with Crippen molar-refractivity contribution in [3.8, 4) is 0 Å². The number of nitrogen functional groups attached to an aromatic ring is 1. The molecule has 2 aromatic carbocycles. The average Bonchev–Trinajstić information content (AvgIpc) is 2.77. The zero-order chi connectivity index (χ0) is 15.0. The molecule has 1 aliphatic rings. The van der Waals surface area contributed by atoms with E-state index in [1.165, 1.54) is 0 Å². The molecule has 3 N–H and O–H groups in total. The molecule has 0 aromatic heterocycles. The predicted molar refractivity (Wildman–Crippen MR) is 82.9 cm³/mol. The summed E-state index contributed by atoms with van der Waals surface area (Å²) in [5.74, 6) is -0.183. The van der Waals surface area contributed by atoms with Crippen molar-refractivity contribution in [1.29, 1.82) is 0 Å². The molecule has 0 saturated carbocycles. The van der Waals surface area contributed by atoms with E-state index >= 15 is 0 Å². The second-order valence-corrected chi connectivity index (χ2v) is 7.59. The lowest BCUT2D eigenvalue weighted by Crippen LogP contribution is -2.35. The van der Waals surface area contributed by atoms with Gasteiger partial charge in [-0.25, -0.2) is 8.42 Å². The third-order valence-electron chi connectivity index (χ3n) is 3.73. The maximum absolute atomic E-state index is 12.3. The second-order valence-electron chi connectivity index (χ2n) is 5.36. The zero-order valence-electron chi connectivity index (χ0n) is 11.4. The van der Waals surface area contributed by atoms with Crippen LogP contribution in [0.15, 0.2) is 36.4 Å². The van der Waals surface area contributed by atoms with E-state index in [0.29, 0.717) is 17.7 Å². The normalized spacial score (nSPS) is 20.5. The van der Waals surface area contributed by atoms with Crippen LogP contribution in [0.4, 0.5) is 5.69 Å². The predicted octanol–water partition coefficient (Wildman–Crippen LogP) is 1.34. The molecule has 1 fully saturated rings. The molecule has 1 heterocycles. The summed E-state index contributed by atoms with van der Waals surface area (Å²) < 4.78 is 22.8. The van der Waals surface area contributed by atoms with Crippen molar-refractivity contribution in [3.63, 3.8) is 0 Å². The lowest BCUT2D eigenvalue weighted by Gasteiger charge is -2.13. The van der Waals surface area contributed by atoms with Gasteiger partial charge in [0.15, 0.2) is 9.84 Å². The van der Waals surface area contributed by atoms with Crippen LogP contribution in [0.3, 0.4) is 0 Å². The van der Waals surface area contributed by atoms with Gasteiger partial charge >= 0.3 is 0 Å². The molecule has 1 amide bonds. The van der Waals surface area contributed by atoms with Gasteiger partial charge in [-0.3, -0.25) is 4.79 Å². The van der Waals surface area contributed by atoms with Gasteiger partial charge in [-0.15, -0.1) is 0 Å². The second kappa shape index (κ2) is 5.04. The minimum atomic E-state index is -3.01. The summed E-state index contributed by atoms with van der Waals surface area (Å²) in [4.78, 5) is 12.3. The number of anilines is 1. The zero-order valence-corrected chi connectivity index (χ0v) is 12.2. The van der Waals surface area contributed by atoms with Gasteiger partial charge < -0.3 is 11.1 Å². The monoisotopic (exact) mass is 304 g/mol. The Bertz CT molecular complexity index is 815. The molecule has 0 radical (unpaired) electrons. The number of nitrogens with two attached hydrogens (primary N) is 1. The van der Waals surface area contributed by atoms with Crippen LogP contribution in [0.25, 0.3) is 10.8 Å².